The molecular formula is C24H38F2O5. The molecule has 0 aromatic carbocycles. The molecule has 0 aromatic heterocycles. The van der Waals surface area contributed by atoms with Gasteiger partial charge >= 0.3 is 5.97 Å². The number of ether oxygens (including phenoxy) is 1. The number of rotatable bonds is 16. The number of hydrogen-bond donors (Lipinski definition) is 1. The Labute approximate surface area is 184 Å². The van der Waals surface area contributed by atoms with Crippen LogP contribution in [0.3, 0.4) is 0 Å². The molecule has 0 spiro atoms. The minimum absolute atomic E-state index is 0.0333. The quantitative estimate of drug-likeness (QED) is 0.153. The van der Waals surface area contributed by atoms with Crippen molar-refractivity contribution in [2.24, 2.45) is 11.8 Å². The van der Waals surface area contributed by atoms with Gasteiger partial charge in [-0.3, -0.25) is 9.59 Å². The molecule has 0 bridgehead atoms. The molecule has 0 amide bonds. The van der Waals surface area contributed by atoms with Crippen LogP contribution >= 0.6 is 0 Å². The van der Waals surface area contributed by atoms with Crippen molar-refractivity contribution in [3.8, 4) is 0 Å². The van der Waals surface area contributed by atoms with E-state index in [-0.39, 0.29) is 43.5 Å². The molecule has 1 unspecified atom stereocenters. The number of alkyl halides is 2. The van der Waals surface area contributed by atoms with Crippen LogP contribution in [0, 0.1) is 11.8 Å². The number of hydrogen-bond acceptors (Lipinski definition) is 5. The summed E-state index contributed by atoms with van der Waals surface area (Å²) in [6, 6.07) is 0. The molecule has 0 saturated heterocycles. The third kappa shape index (κ3) is 9.58. The first-order valence-electron chi connectivity index (χ1n) is 11.6. The van der Waals surface area contributed by atoms with E-state index in [9.17, 15) is 28.3 Å². The average molecular weight is 445 g/mol. The van der Waals surface area contributed by atoms with Crippen molar-refractivity contribution in [1.82, 2.24) is 0 Å². The zero-order valence-corrected chi connectivity index (χ0v) is 18.9. The zero-order valence-electron chi connectivity index (χ0n) is 18.9. The zero-order chi connectivity index (χ0) is 23.3. The van der Waals surface area contributed by atoms with Crippen molar-refractivity contribution in [2.45, 2.75) is 103 Å². The van der Waals surface area contributed by atoms with Crippen LogP contribution in [0.15, 0.2) is 12.2 Å². The summed E-state index contributed by atoms with van der Waals surface area (Å²) in [5.41, 5.74) is -1.99. The summed E-state index contributed by atoms with van der Waals surface area (Å²) in [7, 11) is 0. The number of unbranched alkanes of at least 4 members (excludes halogenated alkanes) is 4. The van der Waals surface area contributed by atoms with Gasteiger partial charge in [-0.2, -0.15) is 0 Å². The van der Waals surface area contributed by atoms with Gasteiger partial charge in [-0.15, -0.1) is 0 Å². The van der Waals surface area contributed by atoms with Gasteiger partial charge in [0.25, 0.3) is 6.43 Å². The Hall–Kier alpha value is -1.63. The maximum atomic E-state index is 13.3. The molecule has 3 atom stereocenters. The highest BCUT2D eigenvalue weighted by Gasteiger charge is 2.36. The van der Waals surface area contributed by atoms with Crippen LogP contribution in [0.1, 0.15) is 90.9 Å². The number of halogens is 2. The summed E-state index contributed by atoms with van der Waals surface area (Å²) in [5, 5.41) is 10.2. The normalized spacial score (nSPS) is 21.0. The molecule has 1 saturated carbocycles. The van der Waals surface area contributed by atoms with Gasteiger partial charge < -0.3 is 9.84 Å². The molecule has 1 N–H and O–H groups in total. The van der Waals surface area contributed by atoms with E-state index in [1.807, 2.05) is 13.0 Å². The summed E-state index contributed by atoms with van der Waals surface area (Å²) in [6.45, 7) is 3.74. The SMILES string of the molecule is CCCCC(O)(CC=C[C@H]1CCC(=O)[C@@H]1CCCCCCC(=O)C(=O)OCC)C(F)F. The van der Waals surface area contributed by atoms with E-state index >= 15 is 0 Å². The minimum atomic E-state index is -2.79. The van der Waals surface area contributed by atoms with Gasteiger partial charge in [0.2, 0.25) is 5.78 Å². The molecule has 5 nitrogen and oxygen atoms in total. The fourth-order valence-electron chi connectivity index (χ4n) is 4.09. The Kier molecular flexibility index (Phi) is 12.8. The van der Waals surface area contributed by atoms with Crippen LogP contribution < -0.4 is 0 Å². The Bertz CT molecular complexity index is 605. The number of esters is 1. The van der Waals surface area contributed by atoms with Gasteiger partial charge in [-0.1, -0.05) is 51.2 Å². The van der Waals surface area contributed by atoms with Gasteiger partial charge in [-0.05, 0) is 44.9 Å². The lowest BCUT2D eigenvalue weighted by Crippen LogP contribution is -2.36. The molecule has 0 radical (unpaired) electrons. The monoisotopic (exact) mass is 444 g/mol. The van der Waals surface area contributed by atoms with Crippen molar-refractivity contribution in [3.63, 3.8) is 0 Å². The maximum Gasteiger partial charge on any atom is 0.374 e. The molecule has 1 aliphatic rings. The maximum absolute atomic E-state index is 13.3. The van der Waals surface area contributed by atoms with Gasteiger partial charge in [0.05, 0.1) is 6.61 Å². The smallest absolute Gasteiger partial charge is 0.374 e. The highest BCUT2D eigenvalue weighted by atomic mass is 19.3. The number of allylic oxidation sites excluding steroid dienone is 1. The van der Waals surface area contributed by atoms with Gasteiger partial charge in [0.15, 0.2) is 0 Å². The average Bonchev–Trinajstić information content (AvgIpc) is 3.08. The van der Waals surface area contributed by atoms with Crippen molar-refractivity contribution in [1.29, 1.82) is 0 Å². The molecule has 0 heterocycles. The first kappa shape index (κ1) is 27.4. The highest BCUT2D eigenvalue weighted by Crippen LogP contribution is 2.35. The van der Waals surface area contributed by atoms with E-state index in [2.05, 4.69) is 4.74 Å². The summed E-state index contributed by atoms with van der Waals surface area (Å²) >= 11 is 0. The van der Waals surface area contributed by atoms with Crippen LogP contribution in [-0.2, 0) is 19.1 Å². The number of ketones is 2. The van der Waals surface area contributed by atoms with Crippen LogP contribution in [0.25, 0.3) is 0 Å². The van der Waals surface area contributed by atoms with Crippen molar-refractivity contribution in [2.75, 3.05) is 6.61 Å². The predicted molar refractivity (Wildman–Crippen MR) is 115 cm³/mol. The second kappa shape index (κ2) is 14.4. The van der Waals surface area contributed by atoms with Crippen LogP contribution in [-0.4, -0.2) is 41.3 Å². The molecule has 0 aliphatic heterocycles. The van der Waals surface area contributed by atoms with Crippen molar-refractivity contribution < 1.29 is 33.0 Å². The summed E-state index contributed by atoms with van der Waals surface area (Å²) in [5.74, 6) is -1.14. The molecule has 178 valence electrons. The van der Waals surface area contributed by atoms with E-state index in [1.54, 1.807) is 13.0 Å². The largest absolute Gasteiger partial charge is 0.460 e. The number of carbonyl (C=O) groups is 3. The van der Waals surface area contributed by atoms with Gasteiger partial charge in [0.1, 0.15) is 11.4 Å². The van der Waals surface area contributed by atoms with Gasteiger partial charge in [-0.25, -0.2) is 13.6 Å². The third-order valence-corrected chi connectivity index (χ3v) is 6.05. The summed E-state index contributed by atoms with van der Waals surface area (Å²) in [4.78, 5) is 35.1. The molecule has 1 rings (SSSR count). The van der Waals surface area contributed by atoms with E-state index in [0.29, 0.717) is 19.3 Å². The Morgan fingerprint density at radius 3 is 2.55 bits per heavy atom. The van der Waals surface area contributed by atoms with E-state index in [4.69, 9.17) is 0 Å². The Morgan fingerprint density at radius 2 is 1.90 bits per heavy atom. The standard InChI is InChI=1S/C24H38F2O5/c1-3-5-16-24(30,23(25)26)17-10-11-18-14-15-20(27)19(18)12-8-6-7-9-13-21(28)22(29)31-4-2/h10-11,18-19,23,30H,3-9,12-17H2,1-2H3/t18-,19+,24?/m0/s1. The second-order valence-corrected chi connectivity index (χ2v) is 8.51. The van der Waals surface area contributed by atoms with Crippen molar-refractivity contribution in [3.05, 3.63) is 12.2 Å². The van der Waals surface area contributed by atoms with Gasteiger partial charge in [0, 0.05) is 18.8 Å². The predicted octanol–water partition coefficient (Wildman–Crippen LogP) is 5.19. The fraction of sp³-hybridized carbons (Fsp3) is 0.792. The van der Waals surface area contributed by atoms with Crippen molar-refractivity contribution >= 4 is 17.5 Å². The van der Waals surface area contributed by atoms with Crippen LogP contribution in [0.5, 0.6) is 0 Å². The minimum Gasteiger partial charge on any atom is -0.460 e. The second-order valence-electron chi connectivity index (χ2n) is 8.51. The van der Waals surface area contributed by atoms with E-state index in [0.717, 1.165) is 38.5 Å². The lowest BCUT2D eigenvalue weighted by Gasteiger charge is -2.26. The lowest BCUT2D eigenvalue weighted by atomic mass is 9.88. The third-order valence-electron chi connectivity index (χ3n) is 6.05. The topological polar surface area (TPSA) is 80.7 Å². The summed E-state index contributed by atoms with van der Waals surface area (Å²) < 4.78 is 31.2. The van der Waals surface area contributed by atoms with E-state index in [1.165, 1.54) is 0 Å². The van der Waals surface area contributed by atoms with Crippen LogP contribution in [0.2, 0.25) is 0 Å². The lowest BCUT2D eigenvalue weighted by molar-refractivity contribution is -0.153. The molecule has 1 aliphatic carbocycles. The number of Topliss-reactive ketones (excluding diaryl/α,β-unsaturated/α-hetero) is 2. The fourth-order valence-corrected chi connectivity index (χ4v) is 4.09. The first-order chi connectivity index (χ1) is 14.7. The number of carbonyl (C=O) groups excluding carboxylic acids is 3. The molecule has 0 aromatic rings. The summed E-state index contributed by atoms with van der Waals surface area (Å²) in [6.07, 6.45) is 7.17. The van der Waals surface area contributed by atoms with Crippen LogP contribution in [0.4, 0.5) is 8.78 Å². The molecule has 1 fully saturated rings. The van der Waals surface area contributed by atoms with E-state index < -0.39 is 23.8 Å². The molecular weight excluding hydrogens is 406 g/mol. The molecule has 7 heteroatoms. The molecule has 31 heavy (non-hydrogen) atoms. The Balaban J connectivity index is 2.40. The highest BCUT2D eigenvalue weighted by molar-refractivity contribution is 6.33. The Morgan fingerprint density at radius 1 is 1.19 bits per heavy atom. The first-order valence-corrected chi connectivity index (χ1v) is 11.6. The number of aliphatic hydroxyl groups is 1.